The van der Waals surface area contributed by atoms with Crippen molar-refractivity contribution in [1.82, 2.24) is 14.8 Å². The van der Waals surface area contributed by atoms with Crippen molar-refractivity contribution >= 4 is 17.5 Å². The summed E-state index contributed by atoms with van der Waals surface area (Å²) in [5.41, 5.74) is 8.39. The zero-order valence-electron chi connectivity index (χ0n) is 33.4. The summed E-state index contributed by atoms with van der Waals surface area (Å²) in [6.45, 7) is 7.14. The number of halogens is 3. The number of amides is 2. The maximum Gasteiger partial charge on any atom is 0.418 e. The first-order valence-corrected chi connectivity index (χ1v) is 19.8. The van der Waals surface area contributed by atoms with Crippen LogP contribution in [0.5, 0.6) is 11.5 Å². The fourth-order valence-corrected chi connectivity index (χ4v) is 8.98. The molecule has 302 valence electrons. The highest BCUT2D eigenvalue weighted by molar-refractivity contribution is 5.98. The normalized spacial score (nSPS) is 18.0. The highest BCUT2D eigenvalue weighted by Gasteiger charge is 2.37. The van der Waals surface area contributed by atoms with Crippen LogP contribution >= 0.6 is 0 Å². The zero-order valence-corrected chi connectivity index (χ0v) is 33.4. The van der Waals surface area contributed by atoms with E-state index in [1.54, 1.807) is 38.0 Å². The van der Waals surface area contributed by atoms with Gasteiger partial charge in [0.25, 0.3) is 5.56 Å². The number of fused-ring (bicyclic) bond motifs is 1. The van der Waals surface area contributed by atoms with E-state index in [2.05, 4.69) is 28.4 Å². The number of anilines is 1. The Bertz CT molecular complexity index is 2220. The minimum absolute atomic E-state index is 0.0159. The lowest BCUT2D eigenvalue weighted by atomic mass is 9.85. The van der Waals surface area contributed by atoms with Gasteiger partial charge in [0.1, 0.15) is 11.5 Å². The van der Waals surface area contributed by atoms with Crippen LogP contribution in [0, 0.1) is 25.7 Å². The number of methoxy groups -OCH3 is 2. The first-order chi connectivity index (χ1) is 27.2. The molecule has 3 aliphatic heterocycles. The Morgan fingerprint density at radius 1 is 0.860 bits per heavy atom. The first-order valence-electron chi connectivity index (χ1n) is 19.8. The zero-order chi connectivity index (χ0) is 40.6. The molecule has 1 N–H and O–H groups in total. The molecule has 0 aliphatic carbocycles. The van der Waals surface area contributed by atoms with Gasteiger partial charge < -0.3 is 18.9 Å². The standard InChI is InChI=1S/C45H51F3N4O5/c1-27-28(2)44(55)50(3)25-36(27)34-22-40(56-4)37(41(23-34)57-5)26-51-16-15-35-31(7-6-8-33(35)24-51)19-29-13-17-52(18-14-29)39-11-9-30(21-38(39)45(46,47)48)20-32-10-12-42(53)49-43(32)54/h6-9,11,21-23,25,29,32H,10,12-20,24,26H2,1-5H3,(H,49,53,54). The molecule has 3 aliphatic rings. The molecule has 57 heavy (non-hydrogen) atoms. The molecule has 2 saturated heterocycles. The Labute approximate surface area is 331 Å². The van der Waals surface area contributed by atoms with Crippen molar-refractivity contribution < 1.29 is 32.2 Å². The molecule has 2 fully saturated rings. The van der Waals surface area contributed by atoms with E-state index < -0.39 is 23.6 Å². The van der Waals surface area contributed by atoms with Gasteiger partial charge >= 0.3 is 6.18 Å². The lowest BCUT2D eigenvalue weighted by Crippen LogP contribution is -2.41. The number of hydrogen-bond acceptors (Lipinski definition) is 7. The van der Waals surface area contributed by atoms with Crippen LogP contribution in [-0.4, -0.2) is 55.1 Å². The number of imide groups is 1. The molecule has 1 aromatic heterocycles. The monoisotopic (exact) mass is 784 g/mol. The second-order valence-electron chi connectivity index (χ2n) is 15.9. The molecule has 1 unspecified atom stereocenters. The molecule has 2 amide bonds. The second-order valence-corrected chi connectivity index (χ2v) is 15.9. The molecule has 1 atom stereocenters. The lowest BCUT2D eigenvalue weighted by Gasteiger charge is -2.36. The molecule has 0 saturated carbocycles. The smallest absolute Gasteiger partial charge is 0.418 e. The molecule has 0 radical (unpaired) electrons. The molecule has 12 heteroatoms. The summed E-state index contributed by atoms with van der Waals surface area (Å²) in [6.07, 6.45) is 1.39. The maximum atomic E-state index is 14.4. The van der Waals surface area contributed by atoms with Crippen LogP contribution in [0.1, 0.15) is 70.2 Å². The van der Waals surface area contributed by atoms with E-state index in [9.17, 15) is 27.6 Å². The predicted molar refractivity (Wildman–Crippen MR) is 214 cm³/mol. The Morgan fingerprint density at radius 3 is 2.25 bits per heavy atom. The van der Waals surface area contributed by atoms with Gasteiger partial charge in [0, 0.05) is 75.1 Å². The van der Waals surface area contributed by atoms with Gasteiger partial charge in [-0.3, -0.25) is 24.6 Å². The number of carbonyl (C=O) groups is 2. The summed E-state index contributed by atoms with van der Waals surface area (Å²) in [6, 6.07) is 15.0. The van der Waals surface area contributed by atoms with Crippen LogP contribution in [0.3, 0.4) is 0 Å². The number of benzene rings is 3. The summed E-state index contributed by atoms with van der Waals surface area (Å²) in [5.74, 6) is 0.539. The Hall–Kier alpha value is -5.10. The van der Waals surface area contributed by atoms with Crippen molar-refractivity contribution in [3.8, 4) is 22.6 Å². The van der Waals surface area contributed by atoms with E-state index in [1.807, 2.05) is 37.1 Å². The number of nitrogens with one attached hydrogen (secondary N) is 1. The minimum atomic E-state index is -4.54. The molecule has 4 aromatic rings. The number of carbonyl (C=O) groups excluding carboxylic acids is 2. The average Bonchev–Trinajstić information content (AvgIpc) is 3.19. The predicted octanol–water partition coefficient (Wildman–Crippen LogP) is 7.32. The number of hydrogen-bond donors (Lipinski definition) is 1. The topological polar surface area (TPSA) is 93.1 Å². The van der Waals surface area contributed by atoms with Crippen LogP contribution in [-0.2, 0) is 55.2 Å². The molecular weight excluding hydrogens is 734 g/mol. The average molecular weight is 785 g/mol. The molecule has 0 bridgehead atoms. The van der Waals surface area contributed by atoms with Crippen molar-refractivity contribution in [1.29, 1.82) is 0 Å². The number of ether oxygens (including phenoxy) is 2. The van der Waals surface area contributed by atoms with Crippen LogP contribution in [0.25, 0.3) is 11.1 Å². The number of rotatable bonds is 10. The van der Waals surface area contributed by atoms with Crippen LogP contribution < -0.4 is 25.2 Å². The van der Waals surface area contributed by atoms with Gasteiger partial charge in [-0.2, -0.15) is 13.2 Å². The van der Waals surface area contributed by atoms with Gasteiger partial charge in [0.15, 0.2) is 0 Å². The number of aromatic nitrogens is 1. The van der Waals surface area contributed by atoms with Crippen molar-refractivity contribution in [3.05, 3.63) is 110 Å². The van der Waals surface area contributed by atoms with Gasteiger partial charge in [0.05, 0.1) is 25.3 Å². The van der Waals surface area contributed by atoms with Gasteiger partial charge in [-0.25, -0.2) is 0 Å². The molecule has 3 aromatic carbocycles. The summed E-state index contributed by atoms with van der Waals surface area (Å²) in [7, 11) is 5.10. The largest absolute Gasteiger partial charge is 0.496 e. The molecule has 9 nitrogen and oxygen atoms in total. The molecular formula is C45H51F3N4O5. The molecule has 4 heterocycles. The molecule has 7 rings (SSSR count). The van der Waals surface area contributed by atoms with E-state index >= 15 is 0 Å². The van der Waals surface area contributed by atoms with Crippen LogP contribution in [0.15, 0.2) is 59.5 Å². The van der Waals surface area contributed by atoms with Crippen molar-refractivity contribution in [3.63, 3.8) is 0 Å². The summed E-state index contributed by atoms with van der Waals surface area (Å²) in [5, 5.41) is 2.30. The fourth-order valence-electron chi connectivity index (χ4n) is 8.98. The Balaban J connectivity index is 1.01. The Morgan fingerprint density at radius 2 is 1.58 bits per heavy atom. The van der Waals surface area contributed by atoms with E-state index in [-0.39, 0.29) is 30.0 Å². The van der Waals surface area contributed by atoms with E-state index in [0.717, 1.165) is 72.5 Å². The van der Waals surface area contributed by atoms with Gasteiger partial charge in [-0.15, -0.1) is 0 Å². The Kier molecular flexibility index (Phi) is 11.5. The van der Waals surface area contributed by atoms with Crippen LogP contribution in [0.2, 0.25) is 0 Å². The highest BCUT2D eigenvalue weighted by atomic mass is 19.4. The summed E-state index contributed by atoms with van der Waals surface area (Å²) < 4.78 is 56.6. The number of nitrogens with zero attached hydrogens (tertiary/aromatic N) is 3. The number of pyridine rings is 1. The fraction of sp³-hybridized carbons (Fsp3) is 0.444. The highest BCUT2D eigenvalue weighted by Crippen LogP contribution is 2.41. The molecule has 0 spiro atoms. The third-order valence-electron chi connectivity index (χ3n) is 12.3. The quantitative estimate of drug-likeness (QED) is 0.169. The van der Waals surface area contributed by atoms with E-state index in [0.29, 0.717) is 43.1 Å². The minimum Gasteiger partial charge on any atom is -0.496 e. The van der Waals surface area contributed by atoms with Gasteiger partial charge in [0.2, 0.25) is 11.8 Å². The third kappa shape index (κ3) is 8.47. The summed E-state index contributed by atoms with van der Waals surface area (Å²) >= 11 is 0. The van der Waals surface area contributed by atoms with Crippen molar-refractivity contribution in [2.24, 2.45) is 18.9 Å². The number of piperidine rings is 2. The third-order valence-corrected chi connectivity index (χ3v) is 12.3. The first kappa shape index (κ1) is 40.1. The number of alkyl halides is 3. The van der Waals surface area contributed by atoms with Gasteiger partial charge in [-0.1, -0.05) is 24.3 Å². The van der Waals surface area contributed by atoms with E-state index in [1.165, 1.54) is 22.8 Å². The van der Waals surface area contributed by atoms with E-state index in [4.69, 9.17) is 9.47 Å². The SMILES string of the molecule is COc1cc(-c2cn(C)c(=O)c(C)c2C)cc(OC)c1CN1CCc2c(CC3CCN(c4ccc(CC5CCC(=O)NC5=O)cc4C(F)(F)F)CC3)cccc2C1. The van der Waals surface area contributed by atoms with Crippen LogP contribution in [0.4, 0.5) is 18.9 Å². The second kappa shape index (κ2) is 16.4. The van der Waals surface area contributed by atoms with Crippen molar-refractivity contribution in [2.75, 3.05) is 38.8 Å². The summed E-state index contributed by atoms with van der Waals surface area (Å²) in [4.78, 5) is 40.6. The number of aryl methyl sites for hydroxylation is 1. The lowest BCUT2D eigenvalue weighted by molar-refractivity contribution is -0.137. The van der Waals surface area contributed by atoms with Gasteiger partial charge in [-0.05, 0) is 116 Å². The maximum absolute atomic E-state index is 14.4. The van der Waals surface area contributed by atoms with Crippen molar-refractivity contribution in [2.45, 2.75) is 78.1 Å².